The van der Waals surface area contributed by atoms with E-state index in [2.05, 4.69) is 19.2 Å². The van der Waals surface area contributed by atoms with Crippen molar-refractivity contribution < 1.29 is 14.3 Å². The van der Waals surface area contributed by atoms with Gasteiger partial charge in [-0.2, -0.15) is 0 Å². The molecule has 132 valence electrons. The van der Waals surface area contributed by atoms with Crippen LogP contribution in [-0.4, -0.2) is 32.3 Å². The first-order valence-corrected chi connectivity index (χ1v) is 7.81. The highest BCUT2D eigenvalue weighted by Crippen LogP contribution is 2.28. The molecule has 1 unspecified atom stereocenters. The SMILES string of the molecule is CCOC(CCNC(=O)c1cc(Cl)c(N)cc1OC)C(C)C.Cl. The summed E-state index contributed by atoms with van der Waals surface area (Å²) < 4.78 is 10.8. The number of ether oxygens (including phenoxy) is 2. The van der Waals surface area contributed by atoms with Crippen molar-refractivity contribution in [2.75, 3.05) is 26.0 Å². The summed E-state index contributed by atoms with van der Waals surface area (Å²) in [5.74, 6) is 0.569. The first-order valence-electron chi connectivity index (χ1n) is 7.43. The molecule has 3 N–H and O–H groups in total. The average Bonchev–Trinajstić information content (AvgIpc) is 2.48. The molecular weight excluding hydrogens is 339 g/mol. The van der Waals surface area contributed by atoms with Crippen LogP contribution >= 0.6 is 24.0 Å². The number of carbonyl (C=O) groups excluding carboxylic acids is 1. The van der Waals surface area contributed by atoms with Crippen molar-refractivity contribution in [3.8, 4) is 5.75 Å². The fraction of sp³-hybridized carbons (Fsp3) is 0.562. The number of hydrogen-bond donors (Lipinski definition) is 2. The van der Waals surface area contributed by atoms with E-state index in [4.69, 9.17) is 26.8 Å². The molecular formula is C16H26Cl2N2O3. The van der Waals surface area contributed by atoms with Crippen LogP contribution in [0.5, 0.6) is 5.75 Å². The molecule has 1 aromatic rings. The lowest BCUT2D eigenvalue weighted by atomic mass is 10.0. The molecule has 1 atom stereocenters. The van der Waals surface area contributed by atoms with Gasteiger partial charge in [-0.15, -0.1) is 12.4 Å². The maximum absolute atomic E-state index is 12.3. The molecule has 0 aromatic heterocycles. The highest BCUT2D eigenvalue weighted by molar-refractivity contribution is 6.33. The summed E-state index contributed by atoms with van der Waals surface area (Å²) >= 11 is 5.97. The van der Waals surface area contributed by atoms with Crippen LogP contribution < -0.4 is 15.8 Å². The molecule has 0 spiro atoms. The molecule has 0 radical (unpaired) electrons. The van der Waals surface area contributed by atoms with Gasteiger partial charge in [0, 0.05) is 19.2 Å². The molecule has 1 aromatic carbocycles. The molecule has 1 rings (SSSR count). The number of nitrogen functional groups attached to an aromatic ring is 1. The third-order valence-electron chi connectivity index (χ3n) is 3.40. The first-order chi connectivity index (χ1) is 10.4. The van der Waals surface area contributed by atoms with E-state index < -0.39 is 0 Å². The zero-order chi connectivity index (χ0) is 16.7. The van der Waals surface area contributed by atoms with E-state index in [1.54, 1.807) is 6.07 Å². The minimum Gasteiger partial charge on any atom is -0.496 e. The van der Waals surface area contributed by atoms with Crippen molar-refractivity contribution >= 4 is 35.6 Å². The van der Waals surface area contributed by atoms with Crippen LogP contribution in [0, 0.1) is 5.92 Å². The Morgan fingerprint density at radius 3 is 2.57 bits per heavy atom. The van der Waals surface area contributed by atoms with Crippen LogP contribution in [0.1, 0.15) is 37.6 Å². The molecule has 0 aliphatic rings. The van der Waals surface area contributed by atoms with Crippen molar-refractivity contribution in [3.63, 3.8) is 0 Å². The summed E-state index contributed by atoms with van der Waals surface area (Å²) in [6, 6.07) is 3.07. The van der Waals surface area contributed by atoms with Gasteiger partial charge in [-0.1, -0.05) is 25.4 Å². The standard InChI is InChI=1S/C16H25ClN2O3.ClH/c1-5-22-14(10(2)3)6-7-19-16(20)11-8-12(17)13(18)9-15(11)21-4;/h8-10,14H,5-7,18H2,1-4H3,(H,19,20);1H. The smallest absolute Gasteiger partial charge is 0.255 e. The van der Waals surface area contributed by atoms with Gasteiger partial charge in [0.1, 0.15) is 5.75 Å². The van der Waals surface area contributed by atoms with Crippen molar-refractivity contribution in [2.24, 2.45) is 5.92 Å². The highest BCUT2D eigenvalue weighted by Gasteiger charge is 2.17. The van der Waals surface area contributed by atoms with Gasteiger partial charge in [0.2, 0.25) is 0 Å². The fourth-order valence-corrected chi connectivity index (χ4v) is 2.33. The van der Waals surface area contributed by atoms with Gasteiger partial charge < -0.3 is 20.5 Å². The van der Waals surface area contributed by atoms with Crippen LogP contribution in [0.2, 0.25) is 5.02 Å². The molecule has 0 bridgehead atoms. The molecule has 0 aliphatic carbocycles. The van der Waals surface area contributed by atoms with E-state index in [0.29, 0.717) is 41.1 Å². The predicted octanol–water partition coefficient (Wildman–Crippen LogP) is 3.53. The van der Waals surface area contributed by atoms with Crippen LogP contribution in [-0.2, 0) is 4.74 Å². The predicted molar refractivity (Wildman–Crippen MR) is 96.9 cm³/mol. The van der Waals surface area contributed by atoms with Gasteiger partial charge in [-0.05, 0) is 25.3 Å². The van der Waals surface area contributed by atoms with E-state index in [-0.39, 0.29) is 24.4 Å². The average molecular weight is 365 g/mol. The topological polar surface area (TPSA) is 73.6 Å². The normalized spacial score (nSPS) is 11.7. The maximum Gasteiger partial charge on any atom is 0.255 e. The lowest BCUT2D eigenvalue weighted by molar-refractivity contribution is 0.0251. The second-order valence-corrected chi connectivity index (χ2v) is 5.76. The number of amides is 1. The highest BCUT2D eigenvalue weighted by atomic mass is 35.5. The Labute approximate surface area is 149 Å². The van der Waals surface area contributed by atoms with Crippen molar-refractivity contribution in [1.82, 2.24) is 5.32 Å². The Morgan fingerprint density at radius 1 is 1.39 bits per heavy atom. The van der Waals surface area contributed by atoms with Crippen LogP contribution in [0.3, 0.4) is 0 Å². The van der Waals surface area contributed by atoms with E-state index in [1.807, 2.05) is 6.92 Å². The molecule has 0 saturated carbocycles. The quantitative estimate of drug-likeness (QED) is 0.691. The zero-order valence-electron chi connectivity index (χ0n) is 14.0. The Bertz CT molecular complexity index is 510. The molecule has 0 fully saturated rings. The second kappa shape index (κ2) is 10.6. The van der Waals surface area contributed by atoms with Crippen LogP contribution in [0.15, 0.2) is 12.1 Å². The van der Waals surface area contributed by atoms with E-state index >= 15 is 0 Å². The largest absolute Gasteiger partial charge is 0.496 e. The number of hydrogen-bond acceptors (Lipinski definition) is 4. The first kappa shape index (κ1) is 21.8. The third kappa shape index (κ3) is 6.45. The maximum atomic E-state index is 12.3. The Morgan fingerprint density at radius 2 is 2.04 bits per heavy atom. The lowest BCUT2D eigenvalue weighted by Gasteiger charge is -2.21. The number of halogens is 2. The van der Waals surface area contributed by atoms with E-state index in [9.17, 15) is 4.79 Å². The minimum atomic E-state index is -0.238. The van der Waals surface area contributed by atoms with Gasteiger partial charge in [0.15, 0.2) is 0 Å². The molecule has 7 heteroatoms. The van der Waals surface area contributed by atoms with Crippen LogP contribution in [0.4, 0.5) is 5.69 Å². The Balaban J connectivity index is 0.00000484. The number of nitrogens with one attached hydrogen (secondary N) is 1. The summed E-state index contributed by atoms with van der Waals surface area (Å²) in [5.41, 5.74) is 6.47. The second-order valence-electron chi connectivity index (χ2n) is 5.36. The van der Waals surface area contributed by atoms with E-state index in [1.165, 1.54) is 13.2 Å². The number of nitrogens with two attached hydrogens (primary N) is 1. The molecule has 23 heavy (non-hydrogen) atoms. The molecule has 0 heterocycles. The number of rotatable bonds is 8. The molecule has 5 nitrogen and oxygen atoms in total. The zero-order valence-corrected chi connectivity index (χ0v) is 15.6. The van der Waals surface area contributed by atoms with Gasteiger partial charge in [0.05, 0.1) is 29.5 Å². The summed E-state index contributed by atoms with van der Waals surface area (Å²) in [6.07, 6.45) is 0.879. The third-order valence-corrected chi connectivity index (χ3v) is 3.73. The number of methoxy groups -OCH3 is 1. The Kier molecular flexibility index (Phi) is 10.0. The summed E-state index contributed by atoms with van der Waals surface area (Å²) in [7, 11) is 1.49. The monoisotopic (exact) mass is 364 g/mol. The van der Waals surface area contributed by atoms with Crippen molar-refractivity contribution in [3.05, 3.63) is 22.7 Å². The van der Waals surface area contributed by atoms with Crippen molar-refractivity contribution in [2.45, 2.75) is 33.3 Å². The van der Waals surface area contributed by atoms with Gasteiger partial charge in [-0.25, -0.2) is 0 Å². The number of carbonyl (C=O) groups is 1. The van der Waals surface area contributed by atoms with Crippen LogP contribution in [0.25, 0.3) is 0 Å². The van der Waals surface area contributed by atoms with Crippen molar-refractivity contribution in [1.29, 1.82) is 0 Å². The molecule has 0 aliphatic heterocycles. The van der Waals surface area contributed by atoms with Gasteiger partial charge >= 0.3 is 0 Å². The minimum absolute atomic E-state index is 0. The number of anilines is 1. The summed E-state index contributed by atoms with van der Waals surface area (Å²) in [6.45, 7) is 7.36. The summed E-state index contributed by atoms with van der Waals surface area (Å²) in [5, 5.41) is 3.20. The summed E-state index contributed by atoms with van der Waals surface area (Å²) in [4.78, 5) is 12.3. The fourth-order valence-electron chi connectivity index (χ4n) is 2.16. The Hall–Kier alpha value is -1.17. The number of benzene rings is 1. The molecule has 0 saturated heterocycles. The van der Waals surface area contributed by atoms with Gasteiger partial charge in [0.25, 0.3) is 5.91 Å². The molecule has 1 amide bonds. The lowest BCUT2D eigenvalue weighted by Crippen LogP contribution is -2.30. The van der Waals surface area contributed by atoms with E-state index in [0.717, 1.165) is 6.42 Å². The van der Waals surface area contributed by atoms with Gasteiger partial charge in [-0.3, -0.25) is 4.79 Å².